The van der Waals surface area contributed by atoms with Crippen LogP contribution in [0.2, 0.25) is 5.02 Å². The molecule has 20 heavy (non-hydrogen) atoms. The predicted octanol–water partition coefficient (Wildman–Crippen LogP) is 2.55. The maximum atomic E-state index is 11.7. The number of benzene rings is 1. The zero-order chi connectivity index (χ0) is 14.5. The Morgan fingerprint density at radius 3 is 3.00 bits per heavy atom. The highest BCUT2D eigenvalue weighted by Gasteiger charge is 2.17. The summed E-state index contributed by atoms with van der Waals surface area (Å²) in [6, 6.07) is 3.65. The van der Waals surface area contributed by atoms with Crippen molar-refractivity contribution in [2.75, 3.05) is 18.5 Å². The minimum atomic E-state index is -0.599. The summed E-state index contributed by atoms with van der Waals surface area (Å²) in [6.07, 6.45) is 1.96. The number of anilines is 1. The third-order valence-corrected chi connectivity index (χ3v) is 3.23. The number of nitro groups is 1. The van der Waals surface area contributed by atoms with Gasteiger partial charge in [-0.15, -0.1) is 0 Å². The van der Waals surface area contributed by atoms with E-state index >= 15 is 0 Å². The van der Waals surface area contributed by atoms with Gasteiger partial charge in [0.25, 0.3) is 5.69 Å². The molecule has 0 saturated carbocycles. The van der Waals surface area contributed by atoms with Crippen LogP contribution >= 0.6 is 11.6 Å². The van der Waals surface area contributed by atoms with Gasteiger partial charge in [-0.2, -0.15) is 0 Å². The highest BCUT2D eigenvalue weighted by molar-refractivity contribution is 6.32. The summed E-state index contributed by atoms with van der Waals surface area (Å²) in [7, 11) is 0. The lowest BCUT2D eigenvalue weighted by atomic mass is 10.2. The molecule has 1 atom stereocenters. The number of nitro benzene ring substituents is 1. The van der Waals surface area contributed by atoms with Crippen molar-refractivity contribution in [3.05, 3.63) is 33.3 Å². The second-order valence-electron chi connectivity index (χ2n) is 4.39. The van der Waals surface area contributed by atoms with Crippen LogP contribution in [0.4, 0.5) is 16.2 Å². The lowest BCUT2D eigenvalue weighted by Gasteiger charge is -2.11. The number of nitrogens with one attached hydrogen (secondary N) is 2. The first kappa shape index (κ1) is 14.5. The van der Waals surface area contributed by atoms with Gasteiger partial charge < -0.3 is 15.4 Å². The Hall–Kier alpha value is -1.86. The molecule has 1 heterocycles. The molecule has 0 spiro atoms. The molecule has 1 saturated heterocycles. The van der Waals surface area contributed by atoms with E-state index < -0.39 is 11.0 Å². The number of hydrogen-bond acceptors (Lipinski definition) is 4. The fraction of sp³-hybridized carbons (Fsp3) is 0.417. The molecule has 2 rings (SSSR count). The molecule has 108 valence electrons. The molecule has 2 amide bonds. The summed E-state index contributed by atoms with van der Waals surface area (Å²) >= 11 is 5.69. The molecule has 1 fully saturated rings. The van der Waals surface area contributed by atoms with E-state index in [1.807, 2.05) is 0 Å². The van der Waals surface area contributed by atoms with Crippen LogP contribution in [0, 0.1) is 10.1 Å². The smallest absolute Gasteiger partial charge is 0.319 e. The first-order valence-corrected chi connectivity index (χ1v) is 6.54. The molecule has 1 unspecified atom stereocenters. The van der Waals surface area contributed by atoms with Crippen molar-refractivity contribution < 1.29 is 14.5 Å². The fourth-order valence-electron chi connectivity index (χ4n) is 1.92. The Balaban J connectivity index is 1.90. The van der Waals surface area contributed by atoms with Gasteiger partial charge in [0.05, 0.1) is 11.0 Å². The highest BCUT2D eigenvalue weighted by atomic mass is 35.5. The minimum Gasteiger partial charge on any atom is -0.376 e. The first-order chi connectivity index (χ1) is 9.56. The number of carbonyl (C=O) groups excluding carboxylic acids is 1. The number of rotatable bonds is 4. The highest BCUT2D eigenvalue weighted by Crippen LogP contribution is 2.27. The molecule has 1 aromatic rings. The van der Waals surface area contributed by atoms with E-state index in [1.54, 1.807) is 0 Å². The number of amides is 2. The molecular formula is C12H14ClN3O4. The van der Waals surface area contributed by atoms with Crippen LogP contribution < -0.4 is 10.6 Å². The van der Waals surface area contributed by atoms with Crippen LogP contribution in [0.5, 0.6) is 0 Å². The molecule has 0 radical (unpaired) electrons. The Bertz CT molecular complexity index is 517. The van der Waals surface area contributed by atoms with Crippen LogP contribution in [0.1, 0.15) is 12.8 Å². The average molecular weight is 300 g/mol. The monoisotopic (exact) mass is 299 g/mol. The van der Waals surface area contributed by atoms with E-state index in [1.165, 1.54) is 18.2 Å². The number of ether oxygens (including phenoxy) is 1. The Labute approximate surface area is 120 Å². The summed E-state index contributed by atoms with van der Waals surface area (Å²) in [5, 5.41) is 15.9. The van der Waals surface area contributed by atoms with Crippen LogP contribution in [0.15, 0.2) is 18.2 Å². The lowest BCUT2D eigenvalue weighted by molar-refractivity contribution is -0.384. The Kier molecular flexibility index (Phi) is 4.75. The Morgan fingerprint density at radius 1 is 1.55 bits per heavy atom. The van der Waals surface area contributed by atoms with E-state index in [9.17, 15) is 14.9 Å². The van der Waals surface area contributed by atoms with Crippen molar-refractivity contribution in [1.29, 1.82) is 0 Å². The first-order valence-electron chi connectivity index (χ1n) is 6.16. The number of carbonyl (C=O) groups is 1. The second-order valence-corrected chi connectivity index (χ2v) is 4.80. The SMILES string of the molecule is O=C(NCC1CCCO1)Nc1ccc(Cl)c([N+](=O)[O-])c1. The maximum Gasteiger partial charge on any atom is 0.319 e. The third-order valence-electron chi connectivity index (χ3n) is 2.91. The van der Waals surface area contributed by atoms with E-state index in [0.717, 1.165) is 19.4 Å². The van der Waals surface area contributed by atoms with Crippen LogP contribution in [-0.2, 0) is 4.74 Å². The van der Waals surface area contributed by atoms with Crippen molar-refractivity contribution in [3.8, 4) is 0 Å². The van der Waals surface area contributed by atoms with Crippen molar-refractivity contribution in [3.63, 3.8) is 0 Å². The number of halogens is 1. The lowest BCUT2D eigenvalue weighted by Crippen LogP contribution is -2.35. The van der Waals surface area contributed by atoms with Crippen molar-refractivity contribution in [2.45, 2.75) is 18.9 Å². The summed E-state index contributed by atoms with van der Waals surface area (Å²) in [5.41, 5.74) is 0.0644. The summed E-state index contributed by atoms with van der Waals surface area (Å²) < 4.78 is 5.37. The second kappa shape index (κ2) is 6.53. The molecule has 0 aliphatic carbocycles. The van der Waals surface area contributed by atoms with E-state index in [-0.39, 0.29) is 16.8 Å². The van der Waals surface area contributed by atoms with E-state index in [0.29, 0.717) is 12.2 Å². The van der Waals surface area contributed by atoms with Gasteiger partial charge in [0.2, 0.25) is 0 Å². The molecule has 8 heteroatoms. The Morgan fingerprint density at radius 2 is 2.35 bits per heavy atom. The van der Waals surface area contributed by atoms with Crippen molar-refractivity contribution in [1.82, 2.24) is 5.32 Å². The van der Waals surface area contributed by atoms with Gasteiger partial charge in [-0.3, -0.25) is 10.1 Å². The maximum absolute atomic E-state index is 11.7. The van der Waals surface area contributed by atoms with E-state index in [2.05, 4.69) is 10.6 Å². The molecule has 2 N–H and O–H groups in total. The fourth-order valence-corrected chi connectivity index (χ4v) is 2.10. The normalized spacial score (nSPS) is 17.8. The van der Waals surface area contributed by atoms with Crippen LogP contribution in [0.3, 0.4) is 0 Å². The zero-order valence-electron chi connectivity index (χ0n) is 10.6. The van der Waals surface area contributed by atoms with E-state index in [4.69, 9.17) is 16.3 Å². The average Bonchev–Trinajstić information content (AvgIpc) is 2.91. The predicted molar refractivity (Wildman–Crippen MR) is 74.1 cm³/mol. The van der Waals surface area contributed by atoms with Gasteiger partial charge >= 0.3 is 6.03 Å². The largest absolute Gasteiger partial charge is 0.376 e. The topological polar surface area (TPSA) is 93.5 Å². The van der Waals surface area contributed by atoms with Crippen molar-refractivity contribution >= 4 is 29.0 Å². The standard InChI is InChI=1S/C12H14ClN3O4/c13-10-4-3-8(6-11(10)16(18)19)15-12(17)14-7-9-2-1-5-20-9/h3-4,6,9H,1-2,5,7H2,(H2,14,15,17). The summed E-state index contributed by atoms with van der Waals surface area (Å²) in [5.74, 6) is 0. The quantitative estimate of drug-likeness (QED) is 0.660. The molecule has 1 aromatic carbocycles. The van der Waals surface area contributed by atoms with Gasteiger partial charge in [-0.05, 0) is 25.0 Å². The molecule has 7 nitrogen and oxygen atoms in total. The molecule has 0 aromatic heterocycles. The third kappa shape index (κ3) is 3.82. The van der Waals surface area contributed by atoms with Crippen molar-refractivity contribution in [2.24, 2.45) is 0 Å². The van der Waals surface area contributed by atoms with Gasteiger partial charge in [0.15, 0.2) is 0 Å². The number of urea groups is 1. The summed E-state index contributed by atoms with van der Waals surface area (Å²) in [6.45, 7) is 1.14. The zero-order valence-corrected chi connectivity index (χ0v) is 11.4. The van der Waals surface area contributed by atoms with Crippen LogP contribution in [0.25, 0.3) is 0 Å². The summed E-state index contributed by atoms with van der Waals surface area (Å²) in [4.78, 5) is 21.8. The molecule has 1 aliphatic rings. The van der Waals surface area contributed by atoms with Gasteiger partial charge in [-0.25, -0.2) is 4.79 Å². The molecule has 0 bridgehead atoms. The van der Waals surface area contributed by atoms with Crippen LogP contribution in [-0.4, -0.2) is 30.2 Å². The number of nitrogens with zero attached hydrogens (tertiary/aromatic N) is 1. The number of hydrogen-bond donors (Lipinski definition) is 2. The molecule has 1 aliphatic heterocycles. The van der Waals surface area contributed by atoms with Gasteiger partial charge in [0, 0.05) is 24.9 Å². The van der Waals surface area contributed by atoms with Gasteiger partial charge in [0.1, 0.15) is 5.02 Å². The minimum absolute atomic E-state index is 0.0281. The van der Waals surface area contributed by atoms with Gasteiger partial charge in [-0.1, -0.05) is 11.6 Å². The molecular weight excluding hydrogens is 286 g/mol.